The lowest BCUT2D eigenvalue weighted by Crippen LogP contribution is -2.42. The highest BCUT2D eigenvalue weighted by molar-refractivity contribution is 7.89. The maximum absolute atomic E-state index is 13.2. The predicted molar refractivity (Wildman–Crippen MR) is 119 cm³/mol. The summed E-state index contributed by atoms with van der Waals surface area (Å²) in [5.41, 5.74) is 3.66. The van der Waals surface area contributed by atoms with Crippen molar-refractivity contribution in [2.75, 3.05) is 26.7 Å². The molecule has 0 radical (unpaired) electrons. The zero-order valence-corrected chi connectivity index (χ0v) is 18.6. The van der Waals surface area contributed by atoms with Crippen LogP contribution in [0.1, 0.15) is 33.3 Å². The third-order valence-electron chi connectivity index (χ3n) is 5.68. The number of para-hydroxylation sites is 1. The van der Waals surface area contributed by atoms with Crippen molar-refractivity contribution >= 4 is 26.8 Å². The lowest BCUT2D eigenvalue weighted by atomic mass is 10.0. The molecule has 0 saturated carbocycles. The molecule has 0 aliphatic carbocycles. The maximum Gasteiger partial charge on any atom is 0.251 e. The third-order valence-corrected chi connectivity index (χ3v) is 7.54. The summed E-state index contributed by atoms with van der Waals surface area (Å²) in [6.45, 7) is 4.50. The van der Waals surface area contributed by atoms with E-state index in [2.05, 4.69) is 10.3 Å². The van der Waals surface area contributed by atoms with Crippen molar-refractivity contribution in [2.24, 2.45) is 0 Å². The molecule has 162 valence electrons. The quantitative estimate of drug-likeness (QED) is 0.675. The van der Waals surface area contributed by atoms with E-state index in [0.29, 0.717) is 16.8 Å². The van der Waals surface area contributed by atoms with Gasteiger partial charge in [-0.1, -0.05) is 24.3 Å². The Morgan fingerprint density at radius 2 is 1.90 bits per heavy atom. The number of aryl methyl sites for hydroxylation is 2. The van der Waals surface area contributed by atoms with Gasteiger partial charge in [-0.2, -0.15) is 4.31 Å². The standard InChI is InChI=1S/C23H25N3O4S/c1-15-8-9-17(12-16(15)2)31(28,29)26-10-11-30-22(14-26)21-13-19(23(27)24-3)18-6-4-5-7-20(18)25-21/h4-9,12-13,22H,10-11,14H2,1-3H3,(H,24,27). The van der Waals surface area contributed by atoms with Gasteiger partial charge in [-0.05, 0) is 49.2 Å². The molecule has 2 aromatic carbocycles. The third kappa shape index (κ3) is 4.06. The van der Waals surface area contributed by atoms with Gasteiger partial charge in [0.25, 0.3) is 5.91 Å². The van der Waals surface area contributed by atoms with Crippen LogP contribution in [0.4, 0.5) is 0 Å². The van der Waals surface area contributed by atoms with Gasteiger partial charge in [-0.3, -0.25) is 4.79 Å². The van der Waals surface area contributed by atoms with E-state index in [-0.39, 0.29) is 30.5 Å². The van der Waals surface area contributed by atoms with Crippen LogP contribution in [-0.4, -0.2) is 50.4 Å². The molecule has 1 unspecified atom stereocenters. The Kier molecular flexibility index (Phi) is 5.79. The van der Waals surface area contributed by atoms with Crippen LogP contribution in [0, 0.1) is 13.8 Å². The Balaban J connectivity index is 1.69. The molecular weight excluding hydrogens is 414 g/mol. The highest BCUT2D eigenvalue weighted by Crippen LogP contribution is 2.29. The number of carbonyl (C=O) groups is 1. The molecule has 1 aliphatic heterocycles. The predicted octanol–water partition coefficient (Wildman–Crippen LogP) is 2.97. The van der Waals surface area contributed by atoms with Crippen LogP contribution in [-0.2, 0) is 14.8 Å². The number of hydrogen-bond acceptors (Lipinski definition) is 5. The Labute approximate surface area is 182 Å². The summed E-state index contributed by atoms with van der Waals surface area (Å²) in [6.07, 6.45) is -0.567. The van der Waals surface area contributed by atoms with Crippen LogP contribution in [0.15, 0.2) is 53.4 Å². The van der Waals surface area contributed by atoms with E-state index in [1.165, 1.54) is 4.31 Å². The molecule has 8 heteroatoms. The Hall–Kier alpha value is -2.81. The molecule has 0 bridgehead atoms. The van der Waals surface area contributed by atoms with E-state index >= 15 is 0 Å². The van der Waals surface area contributed by atoms with Gasteiger partial charge in [0, 0.05) is 25.5 Å². The fourth-order valence-corrected chi connectivity index (χ4v) is 5.24. The molecule has 7 nitrogen and oxygen atoms in total. The smallest absolute Gasteiger partial charge is 0.251 e. The molecule has 2 heterocycles. The van der Waals surface area contributed by atoms with Crippen LogP contribution in [0.5, 0.6) is 0 Å². The van der Waals surface area contributed by atoms with Crippen molar-refractivity contribution in [3.63, 3.8) is 0 Å². The second kappa shape index (κ2) is 8.37. The van der Waals surface area contributed by atoms with E-state index < -0.39 is 16.1 Å². The molecule has 3 aromatic rings. The average Bonchev–Trinajstić information content (AvgIpc) is 2.79. The van der Waals surface area contributed by atoms with Crippen LogP contribution in [0.3, 0.4) is 0 Å². The van der Waals surface area contributed by atoms with E-state index in [0.717, 1.165) is 16.5 Å². The number of aromatic nitrogens is 1. The van der Waals surface area contributed by atoms with Crippen molar-refractivity contribution in [3.8, 4) is 0 Å². The molecule has 1 saturated heterocycles. The Morgan fingerprint density at radius 3 is 2.65 bits per heavy atom. The number of fused-ring (bicyclic) bond motifs is 1. The van der Waals surface area contributed by atoms with Gasteiger partial charge in [-0.15, -0.1) is 0 Å². The Morgan fingerprint density at radius 1 is 1.13 bits per heavy atom. The normalized spacial score (nSPS) is 17.6. The van der Waals surface area contributed by atoms with Gasteiger partial charge >= 0.3 is 0 Å². The molecule has 1 N–H and O–H groups in total. The van der Waals surface area contributed by atoms with E-state index in [1.54, 1.807) is 25.2 Å². The number of sulfonamides is 1. The summed E-state index contributed by atoms with van der Waals surface area (Å²) in [7, 11) is -2.09. The van der Waals surface area contributed by atoms with E-state index in [4.69, 9.17) is 4.74 Å². The minimum atomic E-state index is -3.67. The average molecular weight is 440 g/mol. The SMILES string of the molecule is CNC(=O)c1cc(C2CN(S(=O)(=O)c3ccc(C)c(C)c3)CCO2)nc2ccccc12. The zero-order valence-electron chi connectivity index (χ0n) is 17.8. The number of nitrogens with zero attached hydrogens (tertiary/aromatic N) is 2. The van der Waals surface area contributed by atoms with Crippen LogP contribution in [0.2, 0.25) is 0 Å². The summed E-state index contributed by atoms with van der Waals surface area (Å²) < 4.78 is 33.8. The molecule has 0 spiro atoms. The van der Waals surface area contributed by atoms with Gasteiger partial charge in [0.15, 0.2) is 0 Å². The van der Waals surface area contributed by atoms with Gasteiger partial charge < -0.3 is 10.1 Å². The maximum atomic E-state index is 13.2. The fraction of sp³-hybridized carbons (Fsp3) is 0.304. The van der Waals surface area contributed by atoms with Crippen LogP contribution < -0.4 is 5.32 Å². The van der Waals surface area contributed by atoms with Crippen molar-refractivity contribution in [3.05, 3.63) is 70.9 Å². The van der Waals surface area contributed by atoms with Gasteiger partial charge in [0.2, 0.25) is 10.0 Å². The first-order valence-electron chi connectivity index (χ1n) is 10.1. The molecule has 4 rings (SSSR count). The van der Waals surface area contributed by atoms with Crippen molar-refractivity contribution < 1.29 is 17.9 Å². The van der Waals surface area contributed by atoms with Crippen molar-refractivity contribution in [2.45, 2.75) is 24.8 Å². The molecule has 1 amide bonds. The Bertz CT molecular complexity index is 1260. The first-order chi connectivity index (χ1) is 14.8. The number of ether oxygens (including phenoxy) is 1. The summed E-state index contributed by atoms with van der Waals surface area (Å²) >= 11 is 0. The molecule has 1 aromatic heterocycles. The lowest BCUT2D eigenvalue weighted by molar-refractivity contribution is -0.00479. The monoisotopic (exact) mass is 439 g/mol. The minimum absolute atomic E-state index is 0.133. The van der Waals surface area contributed by atoms with E-state index in [9.17, 15) is 13.2 Å². The number of rotatable bonds is 4. The van der Waals surface area contributed by atoms with Crippen molar-refractivity contribution in [1.29, 1.82) is 0 Å². The summed E-state index contributed by atoms with van der Waals surface area (Å²) in [5.74, 6) is -0.227. The van der Waals surface area contributed by atoms with Crippen molar-refractivity contribution in [1.82, 2.24) is 14.6 Å². The topological polar surface area (TPSA) is 88.6 Å². The van der Waals surface area contributed by atoms with Gasteiger partial charge in [-0.25, -0.2) is 13.4 Å². The van der Waals surface area contributed by atoms with Crippen LogP contribution >= 0.6 is 0 Å². The molecule has 31 heavy (non-hydrogen) atoms. The number of pyridine rings is 1. The number of nitrogens with one attached hydrogen (secondary N) is 1. The first-order valence-corrected chi connectivity index (χ1v) is 11.6. The second-order valence-corrected chi connectivity index (χ2v) is 9.60. The molecule has 1 aliphatic rings. The molecule has 1 atom stereocenters. The second-order valence-electron chi connectivity index (χ2n) is 7.66. The zero-order chi connectivity index (χ0) is 22.2. The minimum Gasteiger partial charge on any atom is -0.369 e. The van der Waals surface area contributed by atoms with Crippen LogP contribution in [0.25, 0.3) is 10.9 Å². The van der Waals surface area contributed by atoms with E-state index in [1.807, 2.05) is 44.2 Å². The number of morpholine rings is 1. The highest BCUT2D eigenvalue weighted by Gasteiger charge is 2.33. The number of hydrogen-bond donors (Lipinski definition) is 1. The number of benzene rings is 2. The number of amides is 1. The summed E-state index contributed by atoms with van der Waals surface area (Å²) in [6, 6.07) is 14.2. The summed E-state index contributed by atoms with van der Waals surface area (Å²) in [5, 5.41) is 3.39. The van der Waals surface area contributed by atoms with Gasteiger partial charge in [0.1, 0.15) is 6.10 Å². The summed E-state index contributed by atoms with van der Waals surface area (Å²) in [4.78, 5) is 17.4. The first kappa shape index (κ1) is 21.4. The fourth-order valence-electron chi connectivity index (χ4n) is 3.73. The van der Waals surface area contributed by atoms with Gasteiger partial charge in [0.05, 0.1) is 28.3 Å². The molecule has 1 fully saturated rings. The molecular formula is C23H25N3O4S. The number of carbonyl (C=O) groups excluding carboxylic acids is 1. The largest absolute Gasteiger partial charge is 0.369 e. The highest BCUT2D eigenvalue weighted by atomic mass is 32.2. The lowest BCUT2D eigenvalue weighted by Gasteiger charge is -2.32.